The highest BCUT2D eigenvalue weighted by atomic mass is 19.4. The van der Waals surface area contributed by atoms with Crippen LogP contribution in [0.5, 0.6) is 0 Å². The lowest BCUT2D eigenvalue weighted by molar-refractivity contribution is -0.137. The van der Waals surface area contributed by atoms with Crippen LogP contribution in [0.3, 0.4) is 0 Å². The van der Waals surface area contributed by atoms with Crippen LogP contribution in [0.4, 0.5) is 18.9 Å². The maximum Gasteiger partial charge on any atom is 0.416 e. The van der Waals surface area contributed by atoms with E-state index in [0.29, 0.717) is 11.4 Å². The van der Waals surface area contributed by atoms with Crippen molar-refractivity contribution in [3.8, 4) is 5.82 Å². The normalized spacial score (nSPS) is 12.1. The summed E-state index contributed by atoms with van der Waals surface area (Å²) in [4.78, 5) is 20.9. The molecule has 0 aliphatic carbocycles. The molecule has 30 heavy (non-hydrogen) atoms. The maximum absolute atomic E-state index is 13.4. The van der Waals surface area contributed by atoms with Crippen molar-refractivity contribution in [3.05, 3.63) is 70.9 Å². The minimum absolute atomic E-state index is 0.0325. The number of nitrogens with zero attached hydrogens (tertiary/aromatic N) is 3. The van der Waals surface area contributed by atoms with Gasteiger partial charge in [-0.05, 0) is 54.7 Å². The van der Waals surface area contributed by atoms with E-state index in [9.17, 15) is 18.0 Å². The molecule has 3 rings (SSSR count). The Morgan fingerprint density at radius 3 is 2.33 bits per heavy atom. The average molecular weight is 416 g/mol. The van der Waals surface area contributed by atoms with Crippen molar-refractivity contribution in [2.45, 2.75) is 46.2 Å². The molecule has 2 heterocycles. The molecule has 0 aliphatic heterocycles. The van der Waals surface area contributed by atoms with Crippen LogP contribution in [-0.4, -0.2) is 20.4 Å². The van der Waals surface area contributed by atoms with Gasteiger partial charge in [0.15, 0.2) is 0 Å². The second-order valence-electron chi connectivity index (χ2n) is 8.25. The van der Waals surface area contributed by atoms with Crippen LogP contribution in [0.1, 0.15) is 53.6 Å². The summed E-state index contributed by atoms with van der Waals surface area (Å²) in [5.74, 6) is -0.752. The third-order valence-corrected chi connectivity index (χ3v) is 4.65. The first-order valence-corrected chi connectivity index (χ1v) is 9.37. The van der Waals surface area contributed by atoms with Crippen molar-refractivity contribution in [2.75, 3.05) is 5.32 Å². The Hall–Kier alpha value is -3.16. The molecule has 158 valence electrons. The fourth-order valence-corrected chi connectivity index (χ4v) is 3.18. The van der Waals surface area contributed by atoms with E-state index in [4.69, 9.17) is 0 Å². The number of rotatable bonds is 3. The van der Waals surface area contributed by atoms with Crippen LogP contribution in [0.25, 0.3) is 5.82 Å². The van der Waals surface area contributed by atoms with Gasteiger partial charge in [0, 0.05) is 11.9 Å². The highest BCUT2D eigenvalue weighted by molar-refractivity contribution is 6.03. The van der Waals surface area contributed by atoms with E-state index in [-0.39, 0.29) is 16.9 Å². The number of aromatic nitrogens is 3. The van der Waals surface area contributed by atoms with Crippen molar-refractivity contribution >= 4 is 11.6 Å². The molecule has 0 atom stereocenters. The fourth-order valence-electron chi connectivity index (χ4n) is 3.18. The summed E-state index contributed by atoms with van der Waals surface area (Å²) in [5.41, 5.74) is 1.78. The van der Waals surface area contributed by atoms with Crippen LogP contribution in [0, 0.1) is 13.8 Å². The average Bonchev–Trinajstić information content (AvgIpc) is 3.07. The zero-order valence-electron chi connectivity index (χ0n) is 17.4. The standard InChI is InChI=1S/C22H23F3N4O/c1-13-6-7-16(10-17(13)21(3,4)5)27-20(30)18-8-15(22(23,24)25)9-19(28-18)29-11-14(2)26-12-29/h6-12H,1-5H3,(H,27,30). The molecule has 5 nitrogen and oxygen atoms in total. The number of carbonyl (C=O) groups excluding carboxylic acids is 1. The second-order valence-corrected chi connectivity index (χ2v) is 8.25. The highest BCUT2D eigenvalue weighted by Crippen LogP contribution is 2.31. The number of imidazole rings is 1. The summed E-state index contributed by atoms with van der Waals surface area (Å²) in [6, 6.07) is 7.07. The van der Waals surface area contributed by atoms with Crippen LogP contribution in [-0.2, 0) is 11.6 Å². The number of alkyl halides is 3. The van der Waals surface area contributed by atoms with E-state index >= 15 is 0 Å². The first kappa shape index (κ1) is 21.5. The maximum atomic E-state index is 13.4. The van der Waals surface area contributed by atoms with Crippen LogP contribution in [0.15, 0.2) is 42.9 Å². The number of nitrogens with one attached hydrogen (secondary N) is 1. The summed E-state index contributed by atoms with van der Waals surface area (Å²) in [6.45, 7) is 9.83. The Morgan fingerprint density at radius 2 is 1.77 bits per heavy atom. The largest absolute Gasteiger partial charge is 0.416 e. The summed E-state index contributed by atoms with van der Waals surface area (Å²) in [6.07, 6.45) is -1.72. The lowest BCUT2D eigenvalue weighted by atomic mass is 9.84. The van der Waals surface area contributed by atoms with Crippen LogP contribution in [0.2, 0.25) is 0 Å². The van der Waals surface area contributed by atoms with Crippen molar-refractivity contribution in [2.24, 2.45) is 0 Å². The smallest absolute Gasteiger partial charge is 0.321 e. The van der Waals surface area contributed by atoms with E-state index in [1.54, 1.807) is 19.2 Å². The van der Waals surface area contributed by atoms with E-state index in [1.165, 1.54) is 10.9 Å². The number of halogens is 3. The third-order valence-electron chi connectivity index (χ3n) is 4.65. The Labute approximate surface area is 173 Å². The van der Waals surface area contributed by atoms with Gasteiger partial charge >= 0.3 is 6.18 Å². The van der Waals surface area contributed by atoms with E-state index in [2.05, 4.69) is 36.1 Å². The van der Waals surface area contributed by atoms with Gasteiger partial charge in [-0.3, -0.25) is 9.36 Å². The molecule has 1 aromatic carbocycles. The van der Waals surface area contributed by atoms with Gasteiger partial charge in [0.1, 0.15) is 17.8 Å². The predicted octanol–water partition coefficient (Wildman–Crippen LogP) is 5.45. The molecule has 1 amide bonds. The van der Waals surface area contributed by atoms with Gasteiger partial charge in [-0.25, -0.2) is 9.97 Å². The highest BCUT2D eigenvalue weighted by Gasteiger charge is 2.32. The van der Waals surface area contributed by atoms with E-state index < -0.39 is 17.6 Å². The van der Waals surface area contributed by atoms with Crippen molar-refractivity contribution < 1.29 is 18.0 Å². The molecule has 1 N–H and O–H groups in total. The van der Waals surface area contributed by atoms with Gasteiger partial charge in [-0.15, -0.1) is 0 Å². The molecule has 8 heteroatoms. The molecule has 3 aromatic rings. The molecule has 0 fully saturated rings. The van der Waals surface area contributed by atoms with E-state index in [0.717, 1.165) is 23.3 Å². The topological polar surface area (TPSA) is 59.8 Å². The molecule has 0 radical (unpaired) electrons. The number of anilines is 1. The fraction of sp³-hybridized carbons (Fsp3) is 0.318. The summed E-state index contributed by atoms with van der Waals surface area (Å²) in [7, 11) is 0. The molecule has 0 saturated carbocycles. The zero-order chi connectivity index (χ0) is 22.3. The van der Waals surface area contributed by atoms with E-state index in [1.807, 2.05) is 19.1 Å². The van der Waals surface area contributed by atoms with Gasteiger partial charge in [0.05, 0.1) is 11.3 Å². The number of carbonyl (C=O) groups is 1. The van der Waals surface area contributed by atoms with Crippen molar-refractivity contribution in [1.82, 2.24) is 14.5 Å². The molecule has 0 saturated heterocycles. The number of aryl methyl sites for hydroxylation is 2. The monoisotopic (exact) mass is 416 g/mol. The number of benzene rings is 1. The molecule has 0 aliphatic rings. The third kappa shape index (κ3) is 4.69. The van der Waals surface area contributed by atoms with Gasteiger partial charge in [0.25, 0.3) is 5.91 Å². The van der Waals surface area contributed by atoms with Crippen molar-refractivity contribution in [3.63, 3.8) is 0 Å². The van der Waals surface area contributed by atoms with Crippen molar-refractivity contribution in [1.29, 1.82) is 0 Å². The van der Waals surface area contributed by atoms with Crippen LogP contribution >= 0.6 is 0 Å². The lowest BCUT2D eigenvalue weighted by Crippen LogP contribution is -2.18. The van der Waals surface area contributed by atoms with Gasteiger partial charge < -0.3 is 5.32 Å². The van der Waals surface area contributed by atoms with Gasteiger partial charge in [-0.2, -0.15) is 13.2 Å². The Bertz CT molecular complexity index is 1090. The first-order valence-electron chi connectivity index (χ1n) is 9.37. The Kier molecular flexibility index (Phi) is 5.45. The Balaban J connectivity index is 2.00. The van der Waals surface area contributed by atoms with Crippen LogP contribution < -0.4 is 5.32 Å². The minimum Gasteiger partial charge on any atom is -0.321 e. The predicted molar refractivity (Wildman–Crippen MR) is 109 cm³/mol. The number of hydrogen-bond donors (Lipinski definition) is 1. The molecule has 0 bridgehead atoms. The number of pyridine rings is 1. The lowest BCUT2D eigenvalue weighted by Gasteiger charge is -2.22. The molecular formula is C22H23F3N4O. The quantitative estimate of drug-likeness (QED) is 0.617. The minimum atomic E-state index is -4.62. The molecule has 0 unspecified atom stereocenters. The molecule has 2 aromatic heterocycles. The SMILES string of the molecule is Cc1cn(-c2cc(C(F)(F)F)cc(C(=O)Nc3ccc(C)c(C(C)(C)C)c3)n2)cn1. The van der Waals surface area contributed by atoms with Gasteiger partial charge in [0.2, 0.25) is 0 Å². The molecular weight excluding hydrogens is 393 g/mol. The van der Waals surface area contributed by atoms with Gasteiger partial charge in [-0.1, -0.05) is 26.8 Å². The molecule has 0 spiro atoms. The first-order chi connectivity index (χ1) is 13.8. The number of hydrogen-bond acceptors (Lipinski definition) is 3. The number of amides is 1. The second kappa shape index (κ2) is 7.59. The Morgan fingerprint density at radius 1 is 1.07 bits per heavy atom. The zero-order valence-corrected chi connectivity index (χ0v) is 17.4. The summed E-state index contributed by atoms with van der Waals surface area (Å²) >= 11 is 0. The summed E-state index contributed by atoms with van der Waals surface area (Å²) < 4.78 is 41.6. The summed E-state index contributed by atoms with van der Waals surface area (Å²) in [5, 5.41) is 2.67.